The van der Waals surface area contributed by atoms with E-state index in [-0.39, 0.29) is 23.1 Å². The summed E-state index contributed by atoms with van der Waals surface area (Å²) in [7, 11) is 0. The molecule has 0 bridgehead atoms. The van der Waals surface area contributed by atoms with Crippen molar-refractivity contribution in [1.82, 2.24) is 0 Å². The molecule has 0 saturated heterocycles. The molecule has 0 aliphatic heterocycles. The van der Waals surface area contributed by atoms with Crippen LogP contribution in [-0.4, -0.2) is 49.7 Å². The van der Waals surface area contributed by atoms with Gasteiger partial charge in [0.1, 0.15) is 0 Å². The normalized spacial score (nSPS) is 7.78. The Bertz CT molecular complexity index is 69.1. The Balaban J connectivity index is -0.0000000720. The van der Waals surface area contributed by atoms with Crippen LogP contribution in [0.15, 0.2) is 0 Å². The summed E-state index contributed by atoms with van der Waals surface area (Å²) in [5.41, 5.74) is 0. The minimum absolute atomic E-state index is 0. The van der Waals surface area contributed by atoms with E-state index in [9.17, 15) is 0 Å². The van der Waals surface area contributed by atoms with Gasteiger partial charge < -0.3 is 18.2 Å². The fourth-order valence-electron chi connectivity index (χ4n) is 0. The average Bonchev–Trinajstić information content (AvgIpc) is 1.25. The molecule has 0 aromatic rings. The molecule has 0 radical (unpaired) electrons. The van der Waals surface area contributed by atoms with Gasteiger partial charge in [-0.15, -0.1) is 22.7 Å². The van der Waals surface area contributed by atoms with Crippen LogP contribution >= 0.6 is 0 Å². The van der Waals surface area contributed by atoms with Gasteiger partial charge in [-0.3, -0.25) is 8.42 Å². The molecule has 0 amide bonds. The van der Waals surface area contributed by atoms with Gasteiger partial charge in [-0.2, -0.15) is 0 Å². The van der Waals surface area contributed by atoms with E-state index in [0.29, 0.717) is 0 Å². The molecule has 0 N–H and O–H groups in total. The van der Waals surface area contributed by atoms with E-state index < -0.39 is 22.7 Å². The van der Waals surface area contributed by atoms with E-state index in [0.717, 1.165) is 0 Å². The molecular weight excluding hydrogens is 184 g/mol. The maximum absolute atomic E-state index is 8.44. The largest absolute Gasteiger partial charge is 2.00 e. The number of hydrogen-bond donors (Lipinski definition) is 0. The van der Waals surface area contributed by atoms with Crippen molar-refractivity contribution in [3.8, 4) is 0 Å². The molecule has 0 fully saturated rings. The first-order chi connectivity index (χ1) is 3.46. The van der Waals surface area contributed by atoms with Gasteiger partial charge in [0.25, 0.3) is 0 Å². The van der Waals surface area contributed by atoms with Gasteiger partial charge in [-0.05, 0) is 0 Å². The molecule has 0 unspecified atom stereocenters. The minimum Gasteiger partial charge on any atom is -0.784 e. The molecule has 0 atom stereocenters. The Kier molecular flexibility index (Phi) is 21.4. The third kappa shape index (κ3) is 517. The second-order valence-electron chi connectivity index (χ2n) is 0.408. The Hall–Kier alpha value is 0.906. The topological polar surface area (TPSA) is 126 Å². The van der Waals surface area contributed by atoms with Crippen LogP contribution in [0.1, 0.15) is 0 Å². The van der Waals surface area contributed by atoms with Gasteiger partial charge in [-0.25, -0.2) is 0 Å². The summed E-state index contributed by atoms with van der Waals surface area (Å²) in [6.07, 6.45) is 0. The Morgan fingerprint density at radius 3 is 0.778 bits per heavy atom. The van der Waals surface area contributed by atoms with Gasteiger partial charge in [0.2, 0.25) is 0 Å². The van der Waals surface area contributed by atoms with E-state index in [1.54, 1.807) is 0 Å². The number of hydrogen-bond acceptors (Lipinski definition) is 6. The Morgan fingerprint density at radius 2 is 0.778 bits per heavy atom. The van der Waals surface area contributed by atoms with Gasteiger partial charge in [0, 0.05) is 0 Å². The van der Waals surface area contributed by atoms with Gasteiger partial charge >= 0.3 is 23.1 Å². The van der Waals surface area contributed by atoms with Crippen molar-refractivity contribution in [3.63, 3.8) is 0 Å². The summed E-state index contributed by atoms with van der Waals surface area (Å²) < 4.78 is 50.7. The molecule has 9 heteroatoms. The van der Waals surface area contributed by atoms with Crippen LogP contribution in [0.25, 0.3) is 0 Å². The van der Waals surface area contributed by atoms with Crippen LogP contribution in [0.5, 0.6) is 0 Å². The van der Waals surface area contributed by atoms with Crippen LogP contribution in [0.2, 0.25) is 0 Å². The summed E-state index contributed by atoms with van der Waals surface area (Å²) >= 11 is -6.22. The molecule has 0 heterocycles. The quantitative estimate of drug-likeness (QED) is 0.305. The zero-order valence-corrected chi connectivity index (χ0v) is 7.02. The summed E-state index contributed by atoms with van der Waals surface area (Å²) in [6.45, 7) is 0. The molecule has 0 rings (SSSR count). The van der Waals surface area contributed by atoms with E-state index >= 15 is 0 Å². The van der Waals surface area contributed by atoms with Gasteiger partial charge in [0.05, 0.1) is 0 Å². The molecule has 0 aromatic carbocycles. The SMILES string of the molecule is O=S([O-])[O-].O=S([O-])[O-].[Mg+2]. The second kappa shape index (κ2) is 11.7. The standard InChI is InChI=1S/Mg.2H2O3S/c;2*1-4(2)3/h;2*(H2,1,2,3)/q+2;;/p-4. The molecular formula is MgO6S2-2. The Labute approximate surface area is 72.4 Å². The van der Waals surface area contributed by atoms with E-state index in [4.69, 9.17) is 26.6 Å². The molecule has 0 aliphatic carbocycles. The smallest absolute Gasteiger partial charge is 0.784 e. The average molecular weight is 184 g/mol. The second-order valence-corrected chi connectivity index (χ2v) is 1.22. The third-order valence-electron chi connectivity index (χ3n) is 0. The zero-order valence-electron chi connectivity index (χ0n) is 3.97. The fourth-order valence-corrected chi connectivity index (χ4v) is 0. The van der Waals surface area contributed by atoms with Crippen LogP contribution in [0.4, 0.5) is 0 Å². The molecule has 0 aromatic heterocycles. The van der Waals surface area contributed by atoms with Crippen molar-refractivity contribution in [2.45, 2.75) is 0 Å². The van der Waals surface area contributed by atoms with Crippen molar-refractivity contribution >= 4 is 45.8 Å². The maximum Gasteiger partial charge on any atom is 2.00 e. The van der Waals surface area contributed by atoms with Gasteiger partial charge in [0.15, 0.2) is 0 Å². The molecule has 9 heavy (non-hydrogen) atoms. The fraction of sp³-hybridized carbons (Fsp3) is 0. The van der Waals surface area contributed by atoms with Crippen LogP contribution in [0, 0.1) is 0 Å². The van der Waals surface area contributed by atoms with Crippen molar-refractivity contribution in [2.24, 2.45) is 0 Å². The maximum atomic E-state index is 8.44. The minimum atomic E-state index is -3.11. The van der Waals surface area contributed by atoms with Crippen molar-refractivity contribution in [3.05, 3.63) is 0 Å². The van der Waals surface area contributed by atoms with Crippen LogP contribution < -0.4 is 0 Å². The van der Waals surface area contributed by atoms with E-state index in [1.807, 2.05) is 0 Å². The zero-order chi connectivity index (χ0) is 7.15. The van der Waals surface area contributed by atoms with Crippen molar-refractivity contribution in [2.75, 3.05) is 0 Å². The summed E-state index contributed by atoms with van der Waals surface area (Å²) in [4.78, 5) is 0. The van der Waals surface area contributed by atoms with Crippen LogP contribution in [0.3, 0.4) is 0 Å². The molecule has 0 aliphatic rings. The summed E-state index contributed by atoms with van der Waals surface area (Å²) in [5, 5.41) is 0. The van der Waals surface area contributed by atoms with Gasteiger partial charge in [-0.1, -0.05) is 0 Å². The van der Waals surface area contributed by atoms with E-state index in [2.05, 4.69) is 0 Å². The van der Waals surface area contributed by atoms with Crippen molar-refractivity contribution < 1.29 is 26.6 Å². The third-order valence-corrected chi connectivity index (χ3v) is 0. The predicted molar refractivity (Wildman–Crippen MR) is 25.1 cm³/mol. The molecule has 0 saturated carbocycles. The molecule has 52 valence electrons. The first-order valence-corrected chi connectivity index (χ1v) is 3.00. The summed E-state index contributed by atoms with van der Waals surface area (Å²) in [6, 6.07) is 0. The molecule has 6 nitrogen and oxygen atoms in total. The summed E-state index contributed by atoms with van der Waals surface area (Å²) in [5.74, 6) is 0. The first kappa shape index (κ1) is 16.5. The Morgan fingerprint density at radius 1 is 0.778 bits per heavy atom. The predicted octanol–water partition coefficient (Wildman–Crippen LogP) is -2.39. The monoisotopic (exact) mass is 184 g/mol. The van der Waals surface area contributed by atoms with Crippen LogP contribution in [-0.2, 0) is 22.7 Å². The number of rotatable bonds is 0. The molecule has 0 spiro atoms. The van der Waals surface area contributed by atoms with Crippen molar-refractivity contribution in [1.29, 1.82) is 0 Å². The van der Waals surface area contributed by atoms with E-state index in [1.165, 1.54) is 0 Å². The first-order valence-electron chi connectivity index (χ1n) is 1.00.